The summed E-state index contributed by atoms with van der Waals surface area (Å²) in [6.07, 6.45) is 28.6. The molecule has 180 valence electrons. The molecule has 0 aromatic heterocycles. The second kappa shape index (κ2) is 23.1. The maximum atomic E-state index is 10.9. The van der Waals surface area contributed by atoms with Gasteiger partial charge in [0.15, 0.2) is 0 Å². The first kappa shape index (κ1) is 29.5. The van der Waals surface area contributed by atoms with E-state index in [1.165, 1.54) is 122 Å². The molecule has 0 aliphatic rings. The van der Waals surface area contributed by atoms with Gasteiger partial charge in [-0.3, -0.25) is 4.79 Å². The molecule has 2 unspecified atom stereocenters. The minimum Gasteiger partial charge on any atom is -0.481 e. The third kappa shape index (κ3) is 20.7. The van der Waals surface area contributed by atoms with Crippen LogP contribution in [0.5, 0.6) is 0 Å². The van der Waals surface area contributed by atoms with E-state index < -0.39 is 5.97 Å². The number of carbonyl (C=O) groups is 1. The lowest BCUT2D eigenvalue weighted by Crippen LogP contribution is -2.13. The lowest BCUT2D eigenvalue weighted by Gasteiger charge is -2.24. The number of hydrogen-bond donors (Lipinski definition) is 1. The maximum Gasteiger partial charge on any atom is 0.303 e. The van der Waals surface area contributed by atoms with Crippen LogP contribution < -0.4 is 0 Å². The van der Waals surface area contributed by atoms with Crippen molar-refractivity contribution in [3.8, 4) is 0 Å². The largest absolute Gasteiger partial charge is 0.481 e. The third-order valence-corrected chi connectivity index (χ3v) is 6.96. The monoisotopic (exact) mass is 424 g/mol. The highest BCUT2D eigenvalue weighted by Gasteiger charge is 2.17. The van der Waals surface area contributed by atoms with Crippen LogP contribution in [-0.4, -0.2) is 11.1 Å². The second-order valence-electron chi connectivity index (χ2n) is 9.90. The zero-order chi connectivity index (χ0) is 22.3. The molecule has 0 fully saturated rings. The van der Waals surface area contributed by atoms with Crippen molar-refractivity contribution < 1.29 is 9.90 Å². The fourth-order valence-corrected chi connectivity index (χ4v) is 4.78. The minimum atomic E-state index is -0.632. The van der Waals surface area contributed by atoms with Crippen molar-refractivity contribution in [1.29, 1.82) is 0 Å². The molecule has 30 heavy (non-hydrogen) atoms. The Labute approximate surface area is 190 Å². The fraction of sp³-hybridized carbons (Fsp3) is 0.964. The van der Waals surface area contributed by atoms with E-state index >= 15 is 0 Å². The highest BCUT2D eigenvalue weighted by molar-refractivity contribution is 5.66. The molecule has 0 spiro atoms. The normalized spacial score (nSPS) is 13.4. The molecule has 0 aromatic rings. The molecule has 0 bridgehead atoms. The van der Waals surface area contributed by atoms with Gasteiger partial charge in [-0.1, -0.05) is 143 Å². The van der Waals surface area contributed by atoms with Crippen LogP contribution in [-0.2, 0) is 4.79 Å². The first-order chi connectivity index (χ1) is 14.6. The predicted octanol–water partition coefficient (Wildman–Crippen LogP) is 9.95. The summed E-state index contributed by atoms with van der Waals surface area (Å²) in [4.78, 5) is 10.9. The summed E-state index contributed by atoms with van der Waals surface area (Å²) in [7, 11) is 0. The number of rotatable bonds is 24. The topological polar surface area (TPSA) is 37.3 Å². The van der Waals surface area contributed by atoms with Crippen molar-refractivity contribution in [3.63, 3.8) is 0 Å². The summed E-state index contributed by atoms with van der Waals surface area (Å²) in [5.74, 6) is 0.860. The van der Waals surface area contributed by atoms with Gasteiger partial charge in [-0.2, -0.15) is 0 Å². The van der Waals surface area contributed by atoms with E-state index in [9.17, 15) is 4.79 Å². The van der Waals surface area contributed by atoms with Gasteiger partial charge in [0.05, 0.1) is 0 Å². The Bertz CT molecular complexity index is 353. The van der Waals surface area contributed by atoms with Crippen LogP contribution in [0.15, 0.2) is 0 Å². The summed E-state index contributed by atoms with van der Waals surface area (Å²) in [5, 5.41) is 8.99. The van der Waals surface area contributed by atoms with Gasteiger partial charge in [0.1, 0.15) is 0 Å². The van der Waals surface area contributed by atoms with Crippen LogP contribution in [0.4, 0.5) is 0 Å². The number of carboxylic acid groups (broad SMARTS) is 1. The molecule has 0 heterocycles. The lowest BCUT2D eigenvalue weighted by molar-refractivity contribution is -0.137. The van der Waals surface area contributed by atoms with Gasteiger partial charge in [-0.05, 0) is 24.7 Å². The van der Waals surface area contributed by atoms with Crippen LogP contribution in [0.25, 0.3) is 0 Å². The lowest BCUT2D eigenvalue weighted by atomic mass is 9.82. The summed E-state index contributed by atoms with van der Waals surface area (Å²) < 4.78 is 0. The Morgan fingerprint density at radius 2 is 0.933 bits per heavy atom. The van der Waals surface area contributed by atoms with E-state index in [-0.39, 0.29) is 0 Å². The molecule has 1 N–H and O–H groups in total. The molecule has 0 aliphatic carbocycles. The van der Waals surface area contributed by atoms with Crippen molar-refractivity contribution in [2.75, 3.05) is 0 Å². The van der Waals surface area contributed by atoms with Crippen LogP contribution in [0, 0.1) is 11.8 Å². The van der Waals surface area contributed by atoms with Gasteiger partial charge in [0.2, 0.25) is 0 Å². The Morgan fingerprint density at radius 1 is 0.567 bits per heavy atom. The predicted molar refractivity (Wildman–Crippen MR) is 133 cm³/mol. The molecule has 0 aliphatic heterocycles. The van der Waals surface area contributed by atoms with Crippen LogP contribution in [0.1, 0.15) is 162 Å². The standard InChI is InChI=1S/C28H56O2/c1-4-6-8-10-12-13-14-16-17-19-22-26(3)27(24-21-25-28(29)30)23-20-18-15-11-9-7-5-2/h26-27H,4-25H2,1-3H3,(H,29,30). The summed E-state index contributed by atoms with van der Waals surface area (Å²) in [6, 6.07) is 0. The smallest absolute Gasteiger partial charge is 0.303 e. The van der Waals surface area contributed by atoms with Crippen LogP contribution >= 0.6 is 0 Å². The van der Waals surface area contributed by atoms with Crippen molar-refractivity contribution in [2.45, 2.75) is 162 Å². The maximum absolute atomic E-state index is 10.9. The van der Waals surface area contributed by atoms with E-state index in [2.05, 4.69) is 20.8 Å². The van der Waals surface area contributed by atoms with E-state index in [1.54, 1.807) is 0 Å². The van der Waals surface area contributed by atoms with Gasteiger partial charge >= 0.3 is 5.97 Å². The van der Waals surface area contributed by atoms with E-state index in [1.807, 2.05) is 0 Å². The van der Waals surface area contributed by atoms with Crippen molar-refractivity contribution in [1.82, 2.24) is 0 Å². The number of aliphatic carboxylic acids is 1. The third-order valence-electron chi connectivity index (χ3n) is 6.96. The summed E-state index contributed by atoms with van der Waals surface area (Å²) in [5.41, 5.74) is 0. The van der Waals surface area contributed by atoms with Crippen LogP contribution in [0.2, 0.25) is 0 Å². The summed E-state index contributed by atoms with van der Waals surface area (Å²) >= 11 is 0. The Kier molecular flexibility index (Phi) is 22.7. The van der Waals surface area contributed by atoms with Gasteiger partial charge < -0.3 is 5.11 Å². The fourth-order valence-electron chi connectivity index (χ4n) is 4.78. The molecular formula is C28H56O2. The second-order valence-corrected chi connectivity index (χ2v) is 9.90. The molecule has 2 heteroatoms. The summed E-state index contributed by atoms with van der Waals surface area (Å²) in [6.45, 7) is 6.99. The Balaban J connectivity index is 3.91. The SMILES string of the molecule is CCCCCCCCCCCCC(C)C(CCCCCCCCC)CCCC(=O)O. The first-order valence-corrected chi connectivity index (χ1v) is 13.8. The minimum absolute atomic E-state index is 0.346. The molecule has 0 saturated heterocycles. The van der Waals surface area contributed by atoms with Gasteiger partial charge in [0, 0.05) is 6.42 Å². The van der Waals surface area contributed by atoms with E-state index in [0.717, 1.165) is 24.7 Å². The number of hydrogen-bond acceptors (Lipinski definition) is 1. The molecule has 2 atom stereocenters. The molecule has 0 aromatic carbocycles. The zero-order valence-corrected chi connectivity index (χ0v) is 21.1. The molecule has 0 saturated carbocycles. The average molecular weight is 425 g/mol. The average Bonchev–Trinajstić information content (AvgIpc) is 2.72. The highest BCUT2D eigenvalue weighted by Crippen LogP contribution is 2.29. The molecular weight excluding hydrogens is 368 g/mol. The Hall–Kier alpha value is -0.530. The molecule has 2 nitrogen and oxygen atoms in total. The van der Waals surface area contributed by atoms with E-state index in [0.29, 0.717) is 6.42 Å². The van der Waals surface area contributed by atoms with Gasteiger partial charge in [-0.15, -0.1) is 0 Å². The van der Waals surface area contributed by atoms with Crippen molar-refractivity contribution in [3.05, 3.63) is 0 Å². The number of carboxylic acids is 1. The molecule has 0 rings (SSSR count). The number of unbranched alkanes of at least 4 members (excludes halogenated alkanes) is 15. The highest BCUT2D eigenvalue weighted by atomic mass is 16.4. The molecule has 0 radical (unpaired) electrons. The van der Waals surface area contributed by atoms with E-state index in [4.69, 9.17) is 5.11 Å². The van der Waals surface area contributed by atoms with Crippen molar-refractivity contribution >= 4 is 5.97 Å². The quantitative estimate of drug-likeness (QED) is 0.156. The van der Waals surface area contributed by atoms with Gasteiger partial charge in [-0.25, -0.2) is 0 Å². The van der Waals surface area contributed by atoms with Crippen LogP contribution in [0.3, 0.4) is 0 Å². The van der Waals surface area contributed by atoms with Crippen molar-refractivity contribution in [2.24, 2.45) is 11.8 Å². The van der Waals surface area contributed by atoms with Gasteiger partial charge in [0.25, 0.3) is 0 Å². The Morgan fingerprint density at radius 3 is 1.37 bits per heavy atom. The first-order valence-electron chi connectivity index (χ1n) is 13.8. The molecule has 0 amide bonds. The zero-order valence-electron chi connectivity index (χ0n) is 21.1.